The van der Waals surface area contributed by atoms with Crippen LogP contribution in [0.5, 0.6) is 0 Å². The summed E-state index contributed by atoms with van der Waals surface area (Å²) < 4.78 is 57.5. The van der Waals surface area contributed by atoms with Crippen LogP contribution in [-0.2, 0) is 20.0 Å². The monoisotopic (exact) mass is 561 g/mol. The quantitative estimate of drug-likeness (QED) is 0.496. The zero-order valence-corrected chi connectivity index (χ0v) is 25.1. The van der Waals surface area contributed by atoms with Crippen molar-refractivity contribution in [1.82, 2.24) is 13.5 Å². The van der Waals surface area contributed by atoms with E-state index in [-0.39, 0.29) is 28.3 Å². The van der Waals surface area contributed by atoms with Crippen molar-refractivity contribution in [3.8, 4) is 0 Å². The van der Waals surface area contributed by atoms with Crippen LogP contribution < -0.4 is 0 Å². The first-order chi connectivity index (χ1) is 17.7. The van der Waals surface area contributed by atoms with Gasteiger partial charge in [-0.25, -0.2) is 16.8 Å². The van der Waals surface area contributed by atoms with E-state index in [0.717, 1.165) is 30.8 Å². The van der Waals surface area contributed by atoms with Crippen molar-refractivity contribution in [3.05, 3.63) is 71.8 Å². The Bertz CT molecular complexity index is 1200. The Morgan fingerprint density at radius 1 is 0.684 bits per heavy atom. The van der Waals surface area contributed by atoms with Crippen LogP contribution in [0.25, 0.3) is 0 Å². The predicted octanol–water partition coefficient (Wildman–Crippen LogP) is 4.68. The second-order valence-corrected chi connectivity index (χ2v) is 15.5. The van der Waals surface area contributed by atoms with Crippen LogP contribution >= 0.6 is 0 Å². The number of rotatable bonds is 5. The summed E-state index contributed by atoms with van der Waals surface area (Å²) in [6, 6.07) is 13.7. The molecule has 7 nitrogen and oxygen atoms in total. The number of hydrogen-bond donors (Lipinski definition) is 0. The zero-order chi connectivity index (χ0) is 28.1. The van der Waals surface area contributed by atoms with Gasteiger partial charge in [0.05, 0.1) is 9.79 Å². The highest BCUT2D eigenvalue weighted by molar-refractivity contribution is 7.89. The first kappa shape index (κ1) is 30.5. The molecule has 0 atom stereocenters. The number of benzene rings is 2. The van der Waals surface area contributed by atoms with E-state index in [1.807, 2.05) is 13.8 Å². The van der Waals surface area contributed by atoms with E-state index in [1.165, 1.54) is 8.61 Å². The standard InChI is InChI=1S/C29H43N3O4S2/c1-24-9-13-27(14-10-24)37(33,34)31-19-7-17-30(23-29(4,5)6)18-8-20-32(22-26(3)21-31)38(35,36)28-15-11-25(2)12-16-28/h9-16H,3,7-8,17-23H2,1-2,4-6H3. The van der Waals surface area contributed by atoms with Crippen molar-refractivity contribution >= 4 is 20.0 Å². The molecular weight excluding hydrogens is 518 g/mol. The average molecular weight is 562 g/mol. The lowest BCUT2D eigenvalue weighted by Crippen LogP contribution is -2.42. The second kappa shape index (κ2) is 12.4. The van der Waals surface area contributed by atoms with E-state index in [4.69, 9.17) is 0 Å². The molecule has 1 heterocycles. The van der Waals surface area contributed by atoms with Crippen molar-refractivity contribution in [2.24, 2.45) is 5.41 Å². The summed E-state index contributed by atoms with van der Waals surface area (Å²) in [5.74, 6) is 0. The van der Waals surface area contributed by atoms with Crippen LogP contribution in [0.2, 0.25) is 0 Å². The van der Waals surface area contributed by atoms with Gasteiger partial charge in [-0.15, -0.1) is 0 Å². The lowest BCUT2D eigenvalue weighted by atomic mass is 9.96. The fourth-order valence-electron chi connectivity index (χ4n) is 4.72. The van der Waals surface area contributed by atoms with Crippen molar-refractivity contribution < 1.29 is 16.8 Å². The molecule has 0 bridgehead atoms. The molecule has 1 saturated heterocycles. The Morgan fingerprint density at radius 2 is 1.05 bits per heavy atom. The van der Waals surface area contributed by atoms with Crippen molar-refractivity contribution in [1.29, 1.82) is 0 Å². The molecule has 1 fully saturated rings. The lowest BCUT2D eigenvalue weighted by molar-refractivity contribution is 0.179. The van der Waals surface area contributed by atoms with Crippen LogP contribution in [0.15, 0.2) is 70.5 Å². The number of aryl methyl sites for hydroxylation is 2. The van der Waals surface area contributed by atoms with E-state index in [2.05, 4.69) is 32.3 Å². The SMILES string of the molecule is C=C1CN(S(=O)(=O)c2ccc(C)cc2)CCCN(CC(C)(C)C)CCCN(S(=O)(=O)c2ccc(C)cc2)C1. The highest BCUT2D eigenvalue weighted by Gasteiger charge is 2.29. The first-order valence-corrected chi connectivity index (χ1v) is 16.1. The maximum Gasteiger partial charge on any atom is 0.243 e. The minimum absolute atomic E-state index is 0.0622. The van der Waals surface area contributed by atoms with Gasteiger partial charge in [0.15, 0.2) is 0 Å². The van der Waals surface area contributed by atoms with Gasteiger partial charge in [0.25, 0.3) is 0 Å². The summed E-state index contributed by atoms with van der Waals surface area (Å²) in [6.45, 7) is 17.6. The average Bonchev–Trinajstić information content (AvgIpc) is 2.81. The van der Waals surface area contributed by atoms with Crippen LogP contribution in [-0.4, -0.2) is 76.2 Å². The zero-order valence-electron chi connectivity index (χ0n) is 23.5. The Labute approximate surface area is 230 Å². The molecule has 0 aromatic heterocycles. The van der Waals surface area contributed by atoms with Crippen molar-refractivity contribution in [2.45, 2.75) is 57.3 Å². The Morgan fingerprint density at radius 3 is 1.39 bits per heavy atom. The number of nitrogens with zero attached hydrogens (tertiary/aromatic N) is 3. The van der Waals surface area contributed by atoms with Gasteiger partial charge < -0.3 is 4.90 Å². The normalized spacial score (nSPS) is 18.6. The third kappa shape index (κ3) is 8.23. The maximum absolute atomic E-state index is 13.6. The Hall–Kier alpha value is -2.04. The van der Waals surface area contributed by atoms with Gasteiger partial charge in [0.1, 0.15) is 0 Å². The molecular formula is C29H43N3O4S2. The van der Waals surface area contributed by atoms with E-state index >= 15 is 0 Å². The molecule has 0 saturated carbocycles. The van der Waals surface area contributed by atoms with Crippen LogP contribution in [0.4, 0.5) is 0 Å². The largest absolute Gasteiger partial charge is 0.303 e. The van der Waals surface area contributed by atoms with Crippen LogP contribution in [0, 0.1) is 19.3 Å². The smallest absolute Gasteiger partial charge is 0.243 e. The molecule has 0 spiro atoms. The van der Waals surface area contributed by atoms with Gasteiger partial charge in [-0.1, -0.05) is 62.7 Å². The lowest BCUT2D eigenvalue weighted by Gasteiger charge is -2.33. The maximum atomic E-state index is 13.6. The van der Waals surface area contributed by atoms with Crippen molar-refractivity contribution in [3.63, 3.8) is 0 Å². The summed E-state index contributed by atoms with van der Waals surface area (Å²) in [7, 11) is -7.55. The molecule has 210 valence electrons. The predicted molar refractivity (Wildman–Crippen MR) is 154 cm³/mol. The summed E-state index contributed by atoms with van der Waals surface area (Å²) in [6.07, 6.45) is 1.36. The minimum Gasteiger partial charge on any atom is -0.303 e. The molecule has 0 aliphatic carbocycles. The van der Waals surface area contributed by atoms with Crippen LogP contribution in [0.3, 0.4) is 0 Å². The molecule has 2 aromatic carbocycles. The van der Waals surface area contributed by atoms with E-state index in [1.54, 1.807) is 48.5 Å². The Balaban J connectivity index is 1.94. The van der Waals surface area contributed by atoms with Gasteiger partial charge in [-0.2, -0.15) is 8.61 Å². The summed E-state index contributed by atoms with van der Waals surface area (Å²) in [4.78, 5) is 2.79. The highest BCUT2D eigenvalue weighted by atomic mass is 32.2. The van der Waals surface area contributed by atoms with Gasteiger partial charge in [-0.3, -0.25) is 0 Å². The molecule has 0 N–H and O–H groups in total. The van der Waals surface area contributed by atoms with Crippen LogP contribution in [0.1, 0.15) is 44.7 Å². The van der Waals surface area contributed by atoms with E-state index < -0.39 is 20.0 Å². The van der Waals surface area contributed by atoms with Gasteiger partial charge >= 0.3 is 0 Å². The Kier molecular flexibility index (Phi) is 9.97. The fraction of sp³-hybridized carbons (Fsp3) is 0.517. The van der Waals surface area contributed by atoms with Crippen molar-refractivity contribution in [2.75, 3.05) is 45.8 Å². The highest BCUT2D eigenvalue weighted by Crippen LogP contribution is 2.23. The summed E-state index contributed by atoms with van der Waals surface area (Å²) >= 11 is 0. The topological polar surface area (TPSA) is 78.0 Å². The molecule has 1 aliphatic heterocycles. The third-order valence-corrected chi connectivity index (χ3v) is 10.3. The molecule has 3 rings (SSSR count). The van der Waals surface area contributed by atoms with E-state index in [9.17, 15) is 16.8 Å². The molecule has 38 heavy (non-hydrogen) atoms. The third-order valence-electron chi connectivity index (χ3n) is 6.58. The molecule has 2 aromatic rings. The summed E-state index contributed by atoms with van der Waals surface area (Å²) in [5, 5.41) is 0. The second-order valence-electron chi connectivity index (χ2n) is 11.6. The molecule has 0 radical (unpaired) electrons. The van der Waals surface area contributed by atoms with Gasteiger partial charge in [0.2, 0.25) is 20.0 Å². The van der Waals surface area contributed by atoms with Gasteiger partial charge in [-0.05, 0) is 75.0 Å². The molecule has 1 aliphatic rings. The van der Waals surface area contributed by atoms with E-state index in [0.29, 0.717) is 31.5 Å². The van der Waals surface area contributed by atoms with Gasteiger partial charge in [0, 0.05) is 32.7 Å². The molecule has 0 unspecified atom stereocenters. The summed E-state index contributed by atoms with van der Waals surface area (Å²) in [5.41, 5.74) is 2.57. The molecule has 9 heteroatoms. The minimum atomic E-state index is -3.78. The number of sulfonamides is 2. The fourth-order valence-corrected chi connectivity index (χ4v) is 7.72. The molecule has 0 amide bonds. The first-order valence-electron chi connectivity index (χ1n) is 13.2. The number of hydrogen-bond acceptors (Lipinski definition) is 5.